The number of aromatic nitrogens is 2. The fourth-order valence-electron chi connectivity index (χ4n) is 1.80. The Morgan fingerprint density at radius 2 is 1.17 bits per heavy atom. The summed E-state index contributed by atoms with van der Waals surface area (Å²) in [5, 5.41) is 21.2. The van der Waals surface area contributed by atoms with E-state index in [4.69, 9.17) is 0 Å². The highest BCUT2D eigenvalue weighted by atomic mass is 16.4. The van der Waals surface area contributed by atoms with Gasteiger partial charge in [0.05, 0.1) is 11.4 Å². The van der Waals surface area contributed by atoms with E-state index in [1.807, 2.05) is 0 Å². The molecule has 0 saturated heterocycles. The van der Waals surface area contributed by atoms with E-state index in [9.17, 15) is 10.2 Å². The van der Waals surface area contributed by atoms with Crippen LogP contribution in [0.5, 0.6) is 0 Å². The average molecular weight is 244 g/mol. The van der Waals surface area contributed by atoms with Crippen LogP contribution in [0.15, 0.2) is 48.8 Å². The van der Waals surface area contributed by atoms with Gasteiger partial charge >= 0.3 is 0 Å². The SMILES string of the molecule is C[C@](O)(c1ccccn1)[C@@](C)(O)c1ccccn1. The maximum absolute atomic E-state index is 10.6. The van der Waals surface area contributed by atoms with Crippen molar-refractivity contribution in [3.63, 3.8) is 0 Å². The fourth-order valence-corrected chi connectivity index (χ4v) is 1.80. The Bertz CT molecular complexity index is 460. The summed E-state index contributed by atoms with van der Waals surface area (Å²) >= 11 is 0. The second-order valence-corrected chi connectivity index (χ2v) is 4.57. The minimum absolute atomic E-state index is 0.403. The highest BCUT2D eigenvalue weighted by Gasteiger charge is 2.46. The third-order valence-corrected chi connectivity index (χ3v) is 3.28. The van der Waals surface area contributed by atoms with E-state index in [1.165, 1.54) is 13.8 Å². The summed E-state index contributed by atoms with van der Waals surface area (Å²) in [5.74, 6) is 0. The molecule has 0 saturated carbocycles. The van der Waals surface area contributed by atoms with Gasteiger partial charge in [-0.15, -0.1) is 0 Å². The minimum atomic E-state index is -1.53. The molecule has 2 atom stereocenters. The molecule has 0 aliphatic rings. The normalized spacial score (nSPS) is 17.8. The predicted octanol–water partition coefficient (Wildman–Crippen LogP) is 1.59. The van der Waals surface area contributed by atoms with Gasteiger partial charge in [0, 0.05) is 12.4 Å². The minimum Gasteiger partial charge on any atom is -0.380 e. The van der Waals surface area contributed by atoms with E-state index in [2.05, 4.69) is 9.97 Å². The number of aliphatic hydroxyl groups is 2. The molecule has 2 aromatic heterocycles. The first kappa shape index (κ1) is 12.7. The zero-order chi connectivity index (χ0) is 13.2. The molecule has 0 amide bonds. The van der Waals surface area contributed by atoms with Gasteiger partial charge in [-0.25, -0.2) is 0 Å². The second-order valence-electron chi connectivity index (χ2n) is 4.57. The third-order valence-electron chi connectivity index (χ3n) is 3.28. The van der Waals surface area contributed by atoms with Crippen LogP contribution in [-0.2, 0) is 11.2 Å². The van der Waals surface area contributed by atoms with Gasteiger partial charge in [0.15, 0.2) is 0 Å². The summed E-state index contributed by atoms with van der Waals surface area (Å²) in [6.07, 6.45) is 3.16. The van der Waals surface area contributed by atoms with Gasteiger partial charge in [-0.05, 0) is 38.1 Å². The van der Waals surface area contributed by atoms with Gasteiger partial charge in [0.1, 0.15) is 11.2 Å². The van der Waals surface area contributed by atoms with Crippen LogP contribution in [0.2, 0.25) is 0 Å². The predicted molar refractivity (Wildman–Crippen MR) is 67.6 cm³/mol. The molecule has 2 aromatic rings. The molecule has 2 N–H and O–H groups in total. The number of rotatable bonds is 3. The molecule has 0 aliphatic heterocycles. The lowest BCUT2D eigenvalue weighted by molar-refractivity contribution is -0.147. The van der Waals surface area contributed by atoms with Crippen molar-refractivity contribution >= 4 is 0 Å². The van der Waals surface area contributed by atoms with Crippen molar-refractivity contribution in [2.24, 2.45) is 0 Å². The molecule has 0 bridgehead atoms. The molecule has 0 fully saturated rings. The van der Waals surface area contributed by atoms with E-state index < -0.39 is 11.2 Å². The maximum atomic E-state index is 10.6. The van der Waals surface area contributed by atoms with Gasteiger partial charge in [-0.1, -0.05) is 12.1 Å². The van der Waals surface area contributed by atoms with Crippen molar-refractivity contribution in [2.45, 2.75) is 25.0 Å². The van der Waals surface area contributed by atoms with Crippen LogP contribution in [-0.4, -0.2) is 20.2 Å². The van der Waals surface area contributed by atoms with Crippen LogP contribution in [0, 0.1) is 0 Å². The molecule has 0 radical (unpaired) electrons. The smallest absolute Gasteiger partial charge is 0.138 e. The van der Waals surface area contributed by atoms with Crippen LogP contribution in [0.3, 0.4) is 0 Å². The van der Waals surface area contributed by atoms with Crippen LogP contribution in [0.4, 0.5) is 0 Å². The summed E-state index contributed by atoms with van der Waals surface area (Å²) in [7, 11) is 0. The first-order valence-corrected chi connectivity index (χ1v) is 5.74. The summed E-state index contributed by atoms with van der Waals surface area (Å²) in [6, 6.07) is 10.4. The monoisotopic (exact) mass is 244 g/mol. The average Bonchev–Trinajstić information content (AvgIpc) is 2.40. The molecule has 94 valence electrons. The highest BCUT2D eigenvalue weighted by molar-refractivity contribution is 5.24. The highest BCUT2D eigenvalue weighted by Crippen LogP contribution is 2.38. The van der Waals surface area contributed by atoms with Crippen molar-refractivity contribution in [1.82, 2.24) is 9.97 Å². The molecule has 0 aliphatic carbocycles. The summed E-state index contributed by atoms with van der Waals surface area (Å²) in [4.78, 5) is 8.21. The molecule has 0 unspecified atom stereocenters. The van der Waals surface area contributed by atoms with E-state index in [0.29, 0.717) is 11.4 Å². The first-order valence-electron chi connectivity index (χ1n) is 5.74. The lowest BCUT2D eigenvalue weighted by Gasteiger charge is -2.37. The first-order chi connectivity index (χ1) is 8.46. The Kier molecular flexibility index (Phi) is 3.15. The number of pyridine rings is 2. The zero-order valence-electron chi connectivity index (χ0n) is 10.4. The van der Waals surface area contributed by atoms with Crippen LogP contribution < -0.4 is 0 Å². The Balaban J connectivity index is 2.47. The molecule has 4 nitrogen and oxygen atoms in total. The van der Waals surface area contributed by atoms with Crippen molar-refractivity contribution in [1.29, 1.82) is 0 Å². The molecular weight excluding hydrogens is 228 g/mol. The summed E-state index contributed by atoms with van der Waals surface area (Å²) < 4.78 is 0. The van der Waals surface area contributed by atoms with Crippen molar-refractivity contribution in [2.75, 3.05) is 0 Å². The van der Waals surface area contributed by atoms with E-state index >= 15 is 0 Å². The number of nitrogens with zero attached hydrogens (tertiary/aromatic N) is 2. The summed E-state index contributed by atoms with van der Waals surface area (Å²) in [6.45, 7) is 3.06. The second kappa shape index (κ2) is 4.48. The molecule has 2 heterocycles. The van der Waals surface area contributed by atoms with E-state index in [1.54, 1.807) is 48.8 Å². The zero-order valence-corrected chi connectivity index (χ0v) is 10.4. The lowest BCUT2D eigenvalue weighted by atomic mass is 9.80. The molecule has 4 heteroatoms. The quantitative estimate of drug-likeness (QED) is 0.860. The molecular formula is C14H16N2O2. The Hall–Kier alpha value is -1.78. The van der Waals surface area contributed by atoms with Gasteiger partial charge in [0.2, 0.25) is 0 Å². The molecule has 18 heavy (non-hydrogen) atoms. The summed E-state index contributed by atoms with van der Waals surface area (Å²) in [5.41, 5.74) is -2.24. The number of hydrogen-bond donors (Lipinski definition) is 2. The third kappa shape index (κ3) is 2.00. The fraction of sp³-hybridized carbons (Fsp3) is 0.286. The van der Waals surface area contributed by atoms with Crippen molar-refractivity contribution in [3.8, 4) is 0 Å². The van der Waals surface area contributed by atoms with Gasteiger partial charge in [-0.2, -0.15) is 0 Å². The molecule has 0 aromatic carbocycles. The molecule has 0 spiro atoms. The van der Waals surface area contributed by atoms with Crippen LogP contribution in [0.1, 0.15) is 25.2 Å². The van der Waals surface area contributed by atoms with Crippen molar-refractivity contribution in [3.05, 3.63) is 60.2 Å². The van der Waals surface area contributed by atoms with Crippen LogP contribution >= 0.6 is 0 Å². The van der Waals surface area contributed by atoms with Gasteiger partial charge in [0.25, 0.3) is 0 Å². The van der Waals surface area contributed by atoms with Crippen molar-refractivity contribution < 1.29 is 10.2 Å². The topological polar surface area (TPSA) is 66.2 Å². The Morgan fingerprint density at radius 1 is 0.778 bits per heavy atom. The lowest BCUT2D eigenvalue weighted by Crippen LogP contribution is -2.46. The maximum Gasteiger partial charge on any atom is 0.138 e. The van der Waals surface area contributed by atoms with Gasteiger partial charge in [-0.3, -0.25) is 9.97 Å². The van der Waals surface area contributed by atoms with Crippen LogP contribution in [0.25, 0.3) is 0 Å². The largest absolute Gasteiger partial charge is 0.380 e. The molecule has 2 rings (SSSR count). The number of hydrogen-bond acceptors (Lipinski definition) is 4. The van der Waals surface area contributed by atoms with Gasteiger partial charge < -0.3 is 10.2 Å². The van der Waals surface area contributed by atoms with E-state index in [0.717, 1.165) is 0 Å². The Morgan fingerprint density at radius 3 is 1.44 bits per heavy atom. The Labute approximate surface area is 106 Å². The van der Waals surface area contributed by atoms with E-state index in [-0.39, 0.29) is 0 Å². The standard InChI is InChI=1S/C14H16N2O2/c1-13(17,11-7-3-5-9-15-11)14(2,18)12-8-4-6-10-16-12/h3-10,17-18H,1-2H3/t13-,14-/m0/s1.